The predicted octanol–water partition coefficient (Wildman–Crippen LogP) is 35.6. The average Bonchev–Trinajstić information content (AvgIpc) is 1.37. The van der Waals surface area contributed by atoms with Gasteiger partial charge in [0.1, 0.15) is 33.5 Å². The van der Waals surface area contributed by atoms with Gasteiger partial charge in [0.25, 0.3) is 0 Å². The Kier molecular flexibility index (Phi) is 15.6. The Balaban J connectivity index is 0.606. The lowest BCUT2D eigenvalue weighted by atomic mass is 9.82. The van der Waals surface area contributed by atoms with E-state index >= 15 is 0 Å². The lowest BCUT2D eigenvalue weighted by Gasteiger charge is -2.21. The molecule has 0 amide bonds. The van der Waals surface area contributed by atoms with Gasteiger partial charge in [0.15, 0.2) is 0 Å². The van der Waals surface area contributed by atoms with Gasteiger partial charge >= 0.3 is 0 Å². The summed E-state index contributed by atoms with van der Waals surface area (Å²) in [7, 11) is 0. The highest BCUT2D eigenvalue weighted by atomic mass is 16.3. The molecular weight excluding hydrogens is 1540 g/mol. The van der Waals surface area contributed by atoms with Crippen molar-refractivity contribution in [1.29, 1.82) is 0 Å². The number of hydrogen-bond donors (Lipinski definition) is 0. The standard InChI is InChI=1S/C124H72O3/c1-3-28-87-73(22-1)24-20-42-89(87)75-46-48-76(49-47-75)119-98-34-7-8-35-99(98)122(85-54-58-95-93-32-15-17-44-113(93)125-116(95)70-85)106-61-52-78(67-111(106)119)79-53-62-107-112(68-79)123(86-55-59-96-94-33-16-18-45-114(94)126-117(96)72-86)104-40-13-14-41-105(104)124(107)110-69-82-51-50-77(65-108(82)91-30-5-6-31-92(91)110)80-57-63-115-109(66-80)97-60-56-84(71-118(97)127-115)121-102-38-11-9-36-100(102)120(101-37-10-12-39-103(101)121)83-27-19-26-81(64-83)90-43-21-25-74-23-2-4-29-88(74)90/h1-72H. The first-order valence-electron chi connectivity index (χ1n) is 43.8. The van der Waals surface area contributed by atoms with Crippen LogP contribution >= 0.6 is 0 Å². The van der Waals surface area contributed by atoms with Crippen LogP contribution in [0, 0.1) is 0 Å². The zero-order valence-electron chi connectivity index (χ0n) is 68.8. The van der Waals surface area contributed by atoms with Crippen LogP contribution in [0.1, 0.15) is 0 Å². The van der Waals surface area contributed by atoms with Gasteiger partial charge in [0.2, 0.25) is 0 Å². The van der Waals surface area contributed by atoms with Gasteiger partial charge in [0, 0.05) is 32.3 Å². The van der Waals surface area contributed by atoms with E-state index in [-0.39, 0.29) is 0 Å². The number of benzene rings is 24. The van der Waals surface area contributed by atoms with Crippen molar-refractivity contribution in [3.8, 4) is 111 Å². The third kappa shape index (κ3) is 11.1. The van der Waals surface area contributed by atoms with Gasteiger partial charge in [-0.1, -0.05) is 346 Å². The smallest absolute Gasteiger partial charge is 0.136 e. The van der Waals surface area contributed by atoms with Crippen molar-refractivity contribution < 1.29 is 13.3 Å². The second-order valence-corrected chi connectivity index (χ2v) is 34.2. The van der Waals surface area contributed by atoms with E-state index in [1.807, 2.05) is 6.07 Å². The highest BCUT2D eigenvalue weighted by molar-refractivity contribution is 6.29. The molecular formula is C124H72O3. The fourth-order valence-electron chi connectivity index (χ4n) is 21.7. The van der Waals surface area contributed by atoms with E-state index in [9.17, 15) is 0 Å². The van der Waals surface area contributed by atoms with Gasteiger partial charge in [-0.3, -0.25) is 0 Å². The molecule has 0 aliphatic rings. The minimum atomic E-state index is 0.856. The summed E-state index contributed by atoms with van der Waals surface area (Å²) in [5, 5.41) is 30.4. The summed E-state index contributed by atoms with van der Waals surface area (Å²) in [4.78, 5) is 0. The van der Waals surface area contributed by atoms with E-state index in [4.69, 9.17) is 13.3 Å². The van der Waals surface area contributed by atoms with Crippen LogP contribution in [0.25, 0.3) is 285 Å². The molecule has 0 aliphatic carbocycles. The molecule has 0 bridgehead atoms. The minimum Gasteiger partial charge on any atom is -0.456 e. The van der Waals surface area contributed by atoms with Crippen molar-refractivity contribution in [2.75, 3.05) is 0 Å². The first-order valence-corrected chi connectivity index (χ1v) is 43.8. The topological polar surface area (TPSA) is 39.4 Å². The number of para-hydroxylation sites is 2. The van der Waals surface area contributed by atoms with Crippen LogP contribution < -0.4 is 0 Å². The van der Waals surface area contributed by atoms with Crippen molar-refractivity contribution >= 4 is 174 Å². The molecule has 0 fully saturated rings. The van der Waals surface area contributed by atoms with Crippen LogP contribution in [0.2, 0.25) is 0 Å². The summed E-state index contributed by atoms with van der Waals surface area (Å²) in [6, 6.07) is 162. The molecule has 3 heterocycles. The van der Waals surface area contributed by atoms with Crippen LogP contribution in [0.5, 0.6) is 0 Å². The van der Waals surface area contributed by atoms with Gasteiger partial charge < -0.3 is 13.3 Å². The third-order valence-corrected chi connectivity index (χ3v) is 27.4. The Bertz CT molecular complexity index is 9350. The number of hydrogen-bond acceptors (Lipinski definition) is 3. The summed E-state index contributed by atoms with van der Waals surface area (Å²) in [5.41, 5.74) is 28.5. The summed E-state index contributed by atoms with van der Waals surface area (Å²) in [6.07, 6.45) is 0. The van der Waals surface area contributed by atoms with E-state index < -0.39 is 0 Å². The highest BCUT2D eigenvalue weighted by Gasteiger charge is 2.26. The zero-order chi connectivity index (χ0) is 83.1. The Hall–Kier alpha value is -16.7. The number of rotatable bonds is 10. The molecule has 3 heteroatoms. The van der Waals surface area contributed by atoms with Crippen molar-refractivity contribution in [2.45, 2.75) is 0 Å². The first-order chi connectivity index (χ1) is 62.9. The monoisotopic (exact) mass is 1610 g/mol. The second-order valence-electron chi connectivity index (χ2n) is 34.2. The average molecular weight is 1610 g/mol. The highest BCUT2D eigenvalue weighted by Crippen LogP contribution is 2.53. The van der Waals surface area contributed by atoms with E-state index in [0.29, 0.717) is 0 Å². The minimum absolute atomic E-state index is 0.856. The molecule has 0 atom stereocenters. The largest absolute Gasteiger partial charge is 0.456 e. The van der Waals surface area contributed by atoms with Gasteiger partial charge in [0.05, 0.1) is 0 Å². The molecule has 586 valence electrons. The van der Waals surface area contributed by atoms with E-state index in [0.717, 1.165) is 148 Å². The summed E-state index contributed by atoms with van der Waals surface area (Å²) >= 11 is 0. The quantitative estimate of drug-likeness (QED) is 0.101. The molecule has 0 radical (unpaired) electrons. The fraction of sp³-hybridized carbons (Fsp3) is 0. The summed E-state index contributed by atoms with van der Waals surface area (Å²) < 4.78 is 20.4. The molecule has 0 aliphatic heterocycles. The van der Waals surface area contributed by atoms with Crippen LogP contribution in [0.4, 0.5) is 0 Å². The Labute approximate surface area is 729 Å². The Morgan fingerprint density at radius 2 is 0.394 bits per heavy atom. The predicted molar refractivity (Wildman–Crippen MR) is 538 cm³/mol. The lowest BCUT2D eigenvalue weighted by molar-refractivity contribution is 0.668. The van der Waals surface area contributed by atoms with Gasteiger partial charge in [-0.2, -0.15) is 0 Å². The maximum atomic E-state index is 6.94. The molecule has 0 saturated heterocycles. The molecule has 0 N–H and O–H groups in total. The molecule has 27 rings (SSSR count). The van der Waals surface area contributed by atoms with Crippen molar-refractivity contribution in [2.24, 2.45) is 0 Å². The second kappa shape index (κ2) is 27.9. The van der Waals surface area contributed by atoms with Gasteiger partial charge in [-0.05, 0) is 310 Å². The summed E-state index contributed by atoms with van der Waals surface area (Å²) in [5.74, 6) is 0. The molecule has 3 aromatic heterocycles. The fourth-order valence-corrected chi connectivity index (χ4v) is 21.7. The molecule has 0 saturated carbocycles. The van der Waals surface area contributed by atoms with Gasteiger partial charge in [-0.25, -0.2) is 0 Å². The SMILES string of the molecule is c1cc(-c2cccc3ccccc23)cc(-c2c3ccccc3c(-c3ccc4c(c3)oc3ccc(-c5ccc6cc(-c7c8ccccc8c(-c8ccc9c(c8)oc8ccccc89)c8cc(-c9ccc%10c(-c%11ccc%12c(c%11)oc%11ccccc%11%12)c%11ccccc%11c(-c%11ccc(-c%12cccc%13ccccc%12%13)cc%11)c%10c9)ccc78)c7ccccc7c6c5)cc34)c3ccccc23)c1. The molecule has 27 aromatic rings. The van der Waals surface area contributed by atoms with Crippen molar-refractivity contribution in [3.63, 3.8) is 0 Å². The van der Waals surface area contributed by atoms with Crippen LogP contribution in [-0.2, 0) is 0 Å². The Morgan fingerprint density at radius 3 is 0.898 bits per heavy atom. The van der Waals surface area contributed by atoms with Crippen LogP contribution in [-0.4, -0.2) is 0 Å². The van der Waals surface area contributed by atoms with E-state index in [1.165, 1.54) is 137 Å². The molecule has 0 unspecified atom stereocenters. The normalized spacial score (nSPS) is 12.1. The first kappa shape index (κ1) is 70.9. The van der Waals surface area contributed by atoms with Crippen molar-refractivity contribution in [3.05, 3.63) is 437 Å². The molecule has 0 spiro atoms. The lowest BCUT2D eigenvalue weighted by Crippen LogP contribution is -1.94. The number of fused-ring (bicyclic) bond motifs is 20. The van der Waals surface area contributed by atoms with Crippen molar-refractivity contribution in [1.82, 2.24) is 0 Å². The van der Waals surface area contributed by atoms with E-state index in [1.54, 1.807) is 0 Å². The Morgan fingerprint density at radius 1 is 0.102 bits per heavy atom. The maximum absolute atomic E-state index is 6.94. The van der Waals surface area contributed by atoms with Crippen LogP contribution in [0.15, 0.2) is 450 Å². The van der Waals surface area contributed by atoms with Crippen LogP contribution in [0.3, 0.4) is 0 Å². The zero-order valence-corrected chi connectivity index (χ0v) is 68.8. The maximum Gasteiger partial charge on any atom is 0.136 e. The van der Waals surface area contributed by atoms with E-state index in [2.05, 4.69) is 431 Å². The number of furan rings is 3. The van der Waals surface area contributed by atoms with Gasteiger partial charge in [-0.15, -0.1) is 0 Å². The third-order valence-electron chi connectivity index (χ3n) is 27.4. The molecule has 127 heavy (non-hydrogen) atoms. The molecule has 24 aromatic carbocycles. The molecule has 3 nitrogen and oxygen atoms in total. The summed E-state index contributed by atoms with van der Waals surface area (Å²) in [6.45, 7) is 0.